The lowest BCUT2D eigenvalue weighted by Crippen LogP contribution is -2.35. The topological polar surface area (TPSA) is 96.5 Å². The molecule has 2 aromatic rings. The van der Waals surface area contributed by atoms with Gasteiger partial charge in [0.1, 0.15) is 18.2 Å². The Hall–Kier alpha value is -2.07. The largest absolute Gasteiger partial charge is 0.364 e. The molecular weight excluding hydrogens is 426 g/mol. The molecule has 30 heavy (non-hydrogen) atoms. The van der Waals surface area contributed by atoms with Crippen LogP contribution < -0.4 is 10.6 Å². The van der Waals surface area contributed by atoms with Crippen molar-refractivity contribution < 1.29 is 14.3 Å². The molecule has 162 valence electrons. The van der Waals surface area contributed by atoms with Gasteiger partial charge in [0, 0.05) is 23.3 Å². The Labute approximate surface area is 185 Å². The highest BCUT2D eigenvalue weighted by Crippen LogP contribution is 2.17. The number of carbonyl (C=O) groups excluding carboxylic acids is 2. The van der Waals surface area contributed by atoms with Crippen molar-refractivity contribution >= 4 is 40.4 Å². The number of nitrogens with zero attached hydrogens (tertiary/aromatic N) is 3. The maximum absolute atomic E-state index is 12.2. The summed E-state index contributed by atoms with van der Waals surface area (Å²) in [5.74, 6) is -0.530. The Morgan fingerprint density at radius 1 is 1.30 bits per heavy atom. The van der Waals surface area contributed by atoms with Crippen LogP contribution in [0.25, 0.3) is 0 Å². The number of carbonyl (C=O) groups is 2. The Morgan fingerprint density at radius 3 is 2.87 bits per heavy atom. The third kappa shape index (κ3) is 7.02. The summed E-state index contributed by atoms with van der Waals surface area (Å²) in [6, 6.07) is 7.33. The third-order valence-electron chi connectivity index (χ3n) is 4.85. The van der Waals surface area contributed by atoms with Crippen LogP contribution >= 0.6 is 22.9 Å². The Bertz CT molecular complexity index is 856. The number of halogens is 1. The molecule has 1 aliphatic rings. The first-order chi connectivity index (χ1) is 14.5. The molecule has 1 atom stereocenters. The number of rotatable bonds is 10. The van der Waals surface area contributed by atoms with Gasteiger partial charge in [-0.05, 0) is 57.5 Å². The minimum absolute atomic E-state index is 0.0538. The van der Waals surface area contributed by atoms with Crippen molar-refractivity contribution in [2.45, 2.75) is 38.8 Å². The number of amides is 2. The molecule has 1 aromatic carbocycles. The van der Waals surface area contributed by atoms with E-state index in [1.165, 1.54) is 12.8 Å². The summed E-state index contributed by atoms with van der Waals surface area (Å²) in [6.07, 6.45) is 3.45. The van der Waals surface area contributed by atoms with Crippen LogP contribution in [-0.2, 0) is 16.1 Å². The quantitative estimate of drug-likeness (QED) is 0.576. The number of benzene rings is 1. The van der Waals surface area contributed by atoms with Crippen LogP contribution in [0, 0.1) is 0 Å². The van der Waals surface area contributed by atoms with E-state index in [0.29, 0.717) is 28.3 Å². The fourth-order valence-corrected chi connectivity index (χ4v) is 4.08. The first kappa shape index (κ1) is 22.6. The molecule has 3 rings (SSSR count). The van der Waals surface area contributed by atoms with E-state index >= 15 is 0 Å². The molecular formula is C20H26ClN5O3S. The molecule has 0 aliphatic carbocycles. The van der Waals surface area contributed by atoms with Gasteiger partial charge in [-0.3, -0.25) is 9.59 Å². The van der Waals surface area contributed by atoms with Gasteiger partial charge in [-0.25, -0.2) is 0 Å². The summed E-state index contributed by atoms with van der Waals surface area (Å²) < 4.78 is 5.40. The summed E-state index contributed by atoms with van der Waals surface area (Å²) in [5, 5.41) is 14.7. The maximum atomic E-state index is 12.2. The molecule has 1 fully saturated rings. The molecule has 1 saturated heterocycles. The number of hydrogen-bond acceptors (Lipinski definition) is 7. The number of aromatic nitrogens is 2. The number of likely N-dealkylation sites (tertiary alicyclic amines) is 1. The smallest absolute Gasteiger partial charge is 0.286 e. The minimum Gasteiger partial charge on any atom is -0.364 e. The predicted molar refractivity (Wildman–Crippen MR) is 117 cm³/mol. The van der Waals surface area contributed by atoms with Crippen molar-refractivity contribution in [3.8, 4) is 0 Å². The molecule has 8 nitrogen and oxygen atoms in total. The highest BCUT2D eigenvalue weighted by atomic mass is 35.5. The lowest BCUT2D eigenvalue weighted by molar-refractivity contribution is -0.126. The second-order valence-electron chi connectivity index (χ2n) is 7.19. The monoisotopic (exact) mass is 451 g/mol. The van der Waals surface area contributed by atoms with Crippen molar-refractivity contribution in [3.63, 3.8) is 0 Å². The van der Waals surface area contributed by atoms with Crippen molar-refractivity contribution in [1.82, 2.24) is 20.4 Å². The van der Waals surface area contributed by atoms with Gasteiger partial charge < -0.3 is 20.3 Å². The number of nitrogens with one attached hydrogen (secondary N) is 2. The molecule has 0 bridgehead atoms. The third-order valence-corrected chi connectivity index (χ3v) is 5.98. The molecule has 0 radical (unpaired) electrons. The molecule has 0 spiro atoms. The van der Waals surface area contributed by atoms with E-state index in [0.717, 1.165) is 30.8 Å². The molecule has 0 saturated carbocycles. The van der Waals surface area contributed by atoms with Crippen LogP contribution in [0.1, 0.15) is 41.0 Å². The van der Waals surface area contributed by atoms with E-state index in [1.54, 1.807) is 24.3 Å². The van der Waals surface area contributed by atoms with Crippen LogP contribution in [0.4, 0.5) is 5.69 Å². The van der Waals surface area contributed by atoms with Crippen LogP contribution in [0.5, 0.6) is 0 Å². The van der Waals surface area contributed by atoms with E-state index in [-0.39, 0.29) is 30.0 Å². The van der Waals surface area contributed by atoms with Gasteiger partial charge in [0.05, 0.1) is 0 Å². The van der Waals surface area contributed by atoms with E-state index in [9.17, 15) is 9.59 Å². The normalized spacial score (nSPS) is 15.1. The highest BCUT2D eigenvalue weighted by molar-refractivity contribution is 7.13. The zero-order chi connectivity index (χ0) is 21.3. The number of hydrogen-bond donors (Lipinski definition) is 2. The van der Waals surface area contributed by atoms with Crippen molar-refractivity contribution in [3.05, 3.63) is 39.3 Å². The molecule has 1 aliphatic heterocycles. The first-order valence-electron chi connectivity index (χ1n) is 9.99. The Kier molecular flexibility index (Phi) is 8.56. The van der Waals surface area contributed by atoms with Gasteiger partial charge in [0.25, 0.3) is 5.91 Å². The molecule has 2 heterocycles. The maximum Gasteiger partial charge on any atom is 0.286 e. The lowest BCUT2D eigenvalue weighted by atomic mass is 10.2. The van der Waals surface area contributed by atoms with E-state index in [2.05, 4.69) is 32.7 Å². The van der Waals surface area contributed by atoms with Crippen LogP contribution in [0.2, 0.25) is 5.02 Å². The van der Waals surface area contributed by atoms with Crippen molar-refractivity contribution in [1.29, 1.82) is 0 Å². The second kappa shape index (κ2) is 11.4. The average molecular weight is 452 g/mol. The predicted octanol–water partition coefficient (Wildman–Crippen LogP) is 2.95. The summed E-state index contributed by atoms with van der Waals surface area (Å²) in [6.45, 7) is 5.20. The minimum atomic E-state index is -0.370. The molecule has 0 unspecified atom stereocenters. The molecule has 2 N–H and O–H groups in total. The van der Waals surface area contributed by atoms with Gasteiger partial charge in [-0.15, -0.1) is 10.2 Å². The van der Waals surface area contributed by atoms with E-state index < -0.39 is 0 Å². The number of anilines is 1. The van der Waals surface area contributed by atoms with Gasteiger partial charge in [0.15, 0.2) is 0 Å². The van der Waals surface area contributed by atoms with Crippen LogP contribution in [0.15, 0.2) is 24.3 Å². The standard InChI is InChI=1S/C20H26ClN5O3S/c1-14(26-9-2-3-10-26)7-8-22-17(27)12-29-13-18-24-25-20(30-18)19(28)23-16-6-4-5-15(21)11-16/h4-6,11,14H,2-3,7-10,12-13H2,1H3,(H,22,27)(H,23,28)/t14-/m0/s1. The first-order valence-corrected chi connectivity index (χ1v) is 11.2. The van der Waals surface area contributed by atoms with Crippen LogP contribution in [0.3, 0.4) is 0 Å². The fourth-order valence-electron chi connectivity index (χ4n) is 3.22. The summed E-state index contributed by atoms with van der Waals surface area (Å²) in [4.78, 5) is 26.6. The van der Waals surface area contributed by atoms with Crippen molar-refractivity contribution in [2.24, 2.45) is 0 Å². The second-order valence-corrected chi connectivity index (χ2v) is 8.69. The van der Waals surface area contributed by atoms with Gasteiger partial charge in [-0.2, -0.15) is 0 Å². The molecule has 2 amide bonds. The highest BCUT2D eigenvalue weighted by Gasteiger charge is 2.18. The summed E-state index contributed by atoms with van der Waals surface area (Å²) in [7, 11) is 0. The fraction of sp³-hybridized carbons (Fsp3) is 0.500. The van der Waals surface area contributed by atoms with Crippen LogP contribution in [-0.4, -0.2) is 59.2 Å². The SMILES string of the molecule is C[C@@H](CCNC(=O)COCc1nnc(C(=O)Nc2cccc(Cl)c2)s1)N1CCCC1. The molecule has 1 aromatic heterocycles. The van der Waals surface area contributed by atoms with Crippen molar-refractivity contribution in [2.75, 3.05) is 31.6 Å². The Morgan fingerprint density at radius 2 is 2.10 bits per heavy atom. The lowest BCUT2D eigenvalue weighted by Gasteiger charge is -2.23. The van der Waals surface area contributed by atoms with E-state index in [1.807, 2.05) is 0 Å². The average Bonchev–Trinajstić information content (AvgIpc) is 3.40. The zero-order valence-electron chi connectivity index (χ0n) is 16.9. The molecule has 10 heteroatoms. The van der Waals surface area contributed by atoms with Gasteiger partial charge in [-0.1, -0.05) is 29.0 Å². The van der Waals surface area contributed by atoms with Gasteiger partial charge >= 0.3 is 0 Å². The summed E-state index contributed by atoms with van der Waals surface area (Å²) >= 11 is 7.03. The number of ether oxygens (including phenoxy) is 1. The summed E-state index contributed by atoms with van der Waals surface area (Å²) in [5.41, 5.74) is 0.580. The Balaban J connectivity index is 1.33. The van der Waals surface area contributed by atoms with E-state index in [4.69, 9.17) is 16.3 Å². The zero-order valence-corrected chi connectivity index (χ0v) is 18.5. The van der Waals surface area contributed by atoms with Gasteiger partial charge in [0.2, 0.25) is 10.9 Å².